The monoisotopic (exact) mass is 259 g/mol. The lowest BCUT2D eigenvalue weighted by atomic mass is 9.78. The molecule has 4 nitrogen and oxygen atoms in total. The first-order valence-electron chi connectivity index (χ1n) is 5.40. The van der Waals surface area contributed by atoms with Crippen LogP contribution in [-0.4, -0.2) is 26.9 Å². The van der Waals surface area contributed by atoms with E-state index in [1.807, 2.05) is 6.92 Å². The first kappa shape index (κ1) is 11.8. The minimum Gasteiger partial charge on any atom is -0.345 e. The minimum atomic E-state index is -0.187. The van der Waals surface area contributed by atoms with E-state index in [4.69, 9.17) is 11.6 Å². The highest BCUT2D eigenvalue weighted by Gasteiger charge is 2.38. The van der Waals surface area contributed by atoms with Crippen molar-refractivity contribution in [2.45, 2.75) is 38.1 Å². The fourth-order valence-electron chi connectivity index (χ4n) is 1.81. The molecular weight excluding hydrogens is 246 g/mol. The molecule has 0 bridgehead atoms. The van der Waals surface area contributed by atoms with E-state index in [1.54, 1.807) is 0 Å². The van der Waals surface area contributed by atoms with Crippen LogP contribution in [0.3, 0.4) is 0 Å². The van der Waals surface area contributed by atoms with Crippen LogP contribution in [0.25, 0.3) is 0 Å². The molecule has 0 spiro atoms. The molecule has 0 atom stereocenters. The molecule has 0 unspecified atom stereocenters. The van der Waals surface area contributed by atoms with Gasteiger partial charge in [-0.05, 0) is 37.2 Å². The van der Waals surface area contributed by atoms with E-state index in [0.29, 0.717) is 10.8 Å². The molecule has 1 amide bonds. The van der Waals surface area contributed by atoms with Crippen molar-refractivity contribution < 1.29 is 4.79 Å². The summed E-state index contributed by atoms with van der Waals surface area (Å²) in [7, 11) is 0. The van der Waals surface area contributed by atoms with Gasteiger partial charge in [-0.1, -0.05) is 11.4 Å². The summed E-state index contributed by atoms with van der Waals surface area (Å²) >= 11 is 7.05. The van der Waals surface area contributed by atoms with Crippen molar-refractivity contribution in [2.24, 2.45) is 0 Å². The van der Waals surface area contributed by atoms with Crippen molar-refractivity contribution in [2.75, 3.05) is 5.88 Å². The second-order valence-corrected chi connectivity index (χ2v) is 5.15. The van der Waals surface area contributed by atoms with Gasteiger partial charge in [0.1, 0.15) is 4.88 Å². The number of amides is 1. The van der Waals surface area contributed by atoms with Gasteiger partial charge in [-0.2, -0.15) is 0 Å². The van der Waals surface area contributed by atoms with Gasteiger partial charge in [-0.25, -0.2) is 0 Å². The first-order valence-corrected chi connectivity index (χ1v) is 6.71. The van der Waals surface area contributed by atoms with E-state index in [0.717, 1.165) is 42.9 Å². The lowest BCUT2D eigenvalue weighted by Crippen LogP contribution is -2.55. The molecule has 0 radical (unpaired) electrons. The summed E-state index contributed by atoms with van der Waals surface area (Å²) in [5.74, 6) is 0.402. The van der Waals surface area contributed by atoms with E-state index >= 15 is 0 Å². The summed E-state index contributed by atoms with van der Waals surface area (Å²) in [5, 5.41) is 6.95. The highest BCUT2D eigenvalue weighted by atomic mass is 35.5. The average molecular weight is 260 g/mol. The normalized spacial score (nSPS) is 17.9. The third-order valence-electron chi connectivity index (χ3n) is 3.04. The molecule has 1 aromatic heterocycles. The summed E-state index contributed by atoms with van der Waals surface area (Å²) in [6, 6.07) is 0. The zero-order chi connectivity index (χ0) is 11.6. The Bertz CT molecular complexity index is 384. The summed E-state index contributed by atoms with van der Waals surface area (Å²) < 4.78 is 3.81. The molecule has 0 aliphatic heterocycles. The zero-order valence-corrected chi connectivity index (χ0v) is 10.7. The zero-order valence-electron chi connectivity index (χ0n) is 9.12. The molecule has 6 heteroatoms. The number of hydrogen-bond donors (Lipinski definition) is 1. The van der Waals surface area contributed by atoms with Crippen molar-refractivity contribution in [3.63, 3.8) is 0 Å². The smallest absolute Gasteiger partial charge is 0.265 e. The van der Waals surface area contributed by atoms with Crippen LogP contribution in [0.4, 0.5) is 0 Å². The maximum Gasteiger partial charge on any atom is 0.265 e. The molecule has 1 heterocycles. The van der Waals surface area contributed by atoms with Crippen molar-refractivity contribution in [1.29, 1.82) is 0 Å². The molecule has 88 valence electrons. The second kappa shape index (κ2) is 4.67. The molecule has 1 N–H and O–H groups in total. The molecule has 1 aromatic rings. The molecule has 1 aliphatic rings. The third kappa shape index (κ3) is 2.06. The van der Waals surface area contributed by atoms with Gasteiger partial charge < -0.3 is 5.32 Å². The number of carbonyl (C=O) groups is 1. The Morgan fingerprint density at radius 3 is 2.88 bits per heavy atom. The number of aromatic nitrogens is 2. The van der Waals surface area contributed by atoms with Crippen LogP contribution in [-0.2, 0) is 6.42 Å². The topological polar surface area (TPSA) is 54.9 Å². The van der Waals surface area contributed by atoms with Gasteiger partial charge in [0.05, 0.1) is 11.2 Å². The van der Waals surface area contributed by atoms with Crippen LogP contribution in [0.1, 0.15) is 41.6 Å². The molecule has 2 rings (SSSR count). The van der Waals surface area contributed by atoms with Gasteiger partial charge in [0.2, 0.25) is 0 Å². The quantitative estimate of drug-likeness (QED) is 0.842. The van der Waals surface area contributed by atoms with Crippen LogP contribution in [0.5, 0.6) is 0 Å². The first-order chi connectivity index (χ1) is 7.71. The molecule has 1 fully saturated rings. The van der Waals surface area contributed by atoms with Gasteiger partial charge in [0, 0.05) is 5.88 Å². The minimum absolute atomic E-state index is 0.0767. The molecule has 0 aromatic carbocycles. The number of hydrogen-bond acceptors (Lipinski definition) is 4. The second-order valence-electron chi connectivity index (χ2n) is 4.12. The average Bonchev–Trinajstić information content (AvgIpc) is 2.71. The maximum absolute atomic E-state index is 12.0. The number of nitrogens with zero attached hydrogens (tertiary/aromatic N) is 2. The Morgan fingerprint density at radius 2 is 2.38 bits per heavy atom. The Morgan fingerprint density at radius 1 is 1.62 bits per heavy atom. The summed E-state index contributed by atoms with van der Waals surface area (Å²) in [6.07, 6.45) is 3.80. The van der Waals surface area contributed by atoms with Crippen LogP contribution in [0, 0.1) is 0 Å². The fourth-order valence-corrected chi connectivity index (χ4v) is 2.79. The largest absolute Gasteiger partial charge is 0.345 e. The number of nitrogens with one attached hydrogen (secondary N) is 1. The standard InChI is InChI=1S/C10H14ClN3OS/c1-2-7-8(16-14-13-7)9(15)12-10(6-11)4-3-5-10/h2-6H2,1H3,(H,12,15). The third-order valence-corrected chi connectivity index (χ3v) is 4.32. The Balaban J connectivity index is 2.08. The van der Waals surface area contributed by atoms with E-state index in [9.17, 15) is 4.79 Å². The van der Waals surface area contributed by atoms with E-state index in [-0.39, 0.29) is 11.4 Å². The number of carbonyl (C=O) groups excluding carboxylic acids is 1. The van der Waals surface area contributed by atoms with Crippen molar-refractivity contribution in [3.8, 4) is 0 Å². The van der Waals surface area contributed by atoms with Crippen molar-refractivity contribution in [1.82, 2.24) is 14.9 Å². The van der Waals surface area contributed by atoms with Crippen molar-refractivity contribution >= 4 is 29.0 Å². The highest BCUT2D eigenvalue weighted by Crippen LogP contribution is 2.33. The highest BCUT2D eigenvalue weighted by molar-refractivity contribution is 7.08. The van der Waals surface area contributed by atoms with E-state index in [1.165, 1.54) is 0 Å². The number of alkyl halides is 1. The lowest BCUT2D eigenvalue weighted by Gasteiger charge is -2.40. The predicted octanol–water partition coefficient (Wildman–Crippen LogP) is 1.99. The summed E-state index contributed by atoms with van der Waals surface area (Å²) in [5.41, 5.74) is 0.583. The molecule has 0 saturated heterocycles. The lowest BCUT2D eigenvalue weighted by molar-refractivity contribution is 0.0857. The maximum atomic E-state index is 12.0. The Kier molecular flexibility index (Phi) is 3.44. The molecule has 1 saturated carbocycles. The van der Waals surface area contributed by atoms with E-state index in [2.05, 4.69) is 14.9 Å². The van der Waals surface area contributed by atoms with Crippen molar-refractivity contribution in [3.05, 3.63) is 10.6 Å². The van der Waals surface area contributed by atoms with Gasteiger partial charge in [0.15, 0.2) is 0 Å². The Hall–Kier alpha value is -0.680. The number of rotatable bonds is 4. The molecule has 16 heavy (non-hydrogen) atoms. The van der Waals surface area contributed by atoms with Crippen LogP contribution >= 0.6 is 23.1 Å². The van der Waals surface area contributed by atoms with Crippen LogP contribution in [0.15, 0.2) is 0 Å². The van der Waals surface area contributed by atoms with E-state index < -0.39 is 0 Å². The van der Waals surface area contributed by atoms with Gasteiger partial charge in [0.25, 0.3) is 5.91 Å². The van der Waals surface area contributed by atoms with Crippen LogP contribution in [0.2, 0.25) is 0 Å². The molecule has 1 aliphatic carbocycles. The molecular formula is C10H14ClN3OS. The van der Waals surface area contributed by atoms with Gasteiger partial charge in [-0.15, -0.1) is 16.7 Å². The Labute approximate surface area is 104 Å². The van der Waals surface area contributed by atoms with Gasteiger partial charge in [-0.3, -0.25) is 4.79 Å². The SMILES string of the molecule is CCc1nnsc1C(=O)NC1(CCl)CCC1. The van der Waals surface area contributed by atoms with Crippen LogP contribution < -0.4 is 5.32 Å². The number of halogens is 1. The predicted molar refractivity (Wildman–Crippen MR) is 64.1 cm³/mol. The van der Waals surface area contributed by atoms with Gasteiger partial charge >= 0.3 is 0 Å². The summed E-state index contributed by atoms with van der Waals surface area (Å²) in [4.78, 5) is 12.6. The summed E-state index contributed by atoms with van der Waals surface area (Å²) in [6.45, 7) is 1.97. The number of aryl methyl sites for hydroxylation is 1. The fraction of sp³-hybridized carbons (Fsp3) is 0.700.